The van der Waals surface area contributed by atoms with E-state index in [1.807, 2.05) is 50.2 Å². The van der Waals surface area contributed by atoms with Crippen molar-refractivity contribution in [2.75, 3.05) is 6.61 Å². The summed E-state index contributed by atoms with van der Waals surface area (Å²) >= 11 is 0. The van der Waals surface area contributed by atoms with Gasteiger partial charge in [0.2, 0.25) is 11.7 Å². The zero-order valence-electron chi connectivity index (χ0n) is 16.0. The summed E-state index contributed by atoms with van der Waals surface area (Å²) in [6, 6.07) is 11.8. The Kier molecular flexibility index (Phi) is 4.86. The Morgan fingerprint density at radius 3 is 2.68 bits per heavy atom. The molecular formula is C22H22N2O4. The molecule has 0 unspecified atom stereocenters. The Labute approximate surface area is 163 Å². The van der Waals surface area contributed by atoms with Crippen LogP contribution in [-0.2, 0) is 16.0 Å². The molecule has 0 atom stereocenters. The lowest BCUT2D eigenvalue weighted by Crippen LogP contribution is -2.16. The van der Waals surface area contributed by atoms with Crippen LogP contribution in [-0.4, -0.2) is 27.9 Å². The first-order valence-electron chi connectivity index (χ1n) is 9.40. The van der Waals surface area contributed by atoms with E-state index in [9.17, 15) is 9.59 Å². The number of carbonyl (C=O) groups is 2. The average Bonchev–Trinajstić information content (AvgIpc) is 3.33. The molecule has 1 fully saturated rings. The lowest BCUT2D eigenvalue weighted by atomic mass is 10.1. The maximum atomic E-state index is 12.5. The fourth-order valence-electron chi connectivity index (χ4n) is 3.48. The number of rotatable bonds is 7. The van der Waals surface area contributed by atoms with Crippen LogP contribution in [0.15, 0.2) is 47.1 Å². The van der Waals surface area contributed by atoms with Crippen LogP contribution in [0.5, 0.6) is 0 Å². The number of nitrogens with zero attached hydrogens (tertiary/aromatic N) is 2. The summed E-state index contributed by atoms with van der Waals surface area (Å²) in [5.74, 6) is -0.234. The molecule has 0 saturated heterocycles. The van der Waals surface area contributed by atoms with E-state index >= 15 is 0 Å². The zero-order valence-corrected chi connectivity index (χ0v) is 16.0. The maximum Gasteiger partial charge on any atom is 0.312 e. The lowest BCUT2D eigenvalue weighted by molar-refractivity contribution is -0.141. The molecule has 1 aliphatic carbocycles. The van der Waals surface area contributed by atoms with Gasteiger partial charge in [-0.1, -0.05) is 18.2 Å². The van der Waals surface area contributed by atoms with Crippen molar-refractivity contribution in [1.82, 2.24) is 9.55 Å². The number of esters is 1. The number of aryl methyl sites for hydroxylation is 1. The van der Waals surface area contributed by atoms with E-state index in [1.165, 1.54) is 6.26 Å². The van der Waals surface area contributed by atoms with Crippen molar-refractivity contribution in [1.29, 1.82) is 0 Å². The highest BCUT2D eigenvalue weighted by atomic mass is 16.5. The number of hydrogen-bond donors (Lipinski definition) is 0. The Morgan fingerprint density at radius 1 is 1.21 bits per heavy atom. The number of hydrogen-bond acceptors (Lipinski definition) is 5. The fourth-order valence-corrected chi connectivity index (χ4v) is 3.48. The Balaban J connectivity index is 1.34. The zero-order chi connectivity index (χ0) is 19.7. The number of carbonyl (C=O) groups excluding carboxylic acids is 2. The van der Waals surface area contributed by atoms with Gasteiger partial charge in [-0.05, 0) is 44.9 Å². The summed E-state index contributed by atoms with van der Waals surface area (Å²) < 4.78 is 12.8. The molecule has 1 aromatic carbocycles. The molecule has 0 radical (unpaired) electrons. The van der Waals surface area contributed by atoms with E-state index in [0.29, 0.717) is 23.2 Å². The number of oxazole rings is 1. The van der Waals surface area contributed by atoms with Crippen LogP contribution in [0.25, 0.3) is 11.5 Å². The molecule has 0 spiro atoms. The van der Waals surface area contributed by atoms with Crippen molar-refractivity contribution in [3.05, 3.63) is 65.3 Å². The fraction of sp³-hybridized carbons (Fsp3) is 0.318. The molecule has 4 rings (SSSR count). The van der Waals surface area contributed by atoms with Crippen LogP contribution in [0.1, 0.15) is 46.3 Å². The van der Waals surface area contributed by atoms with Crippen LogP contribution < -0.4 is 0 Å². The summed E-state index contributed by atoms with van der Waals surface area (Å²) in [6.45, 7) is 3.68. The normalized spacial score (nSPS) is 13.5. The van der Waals surface area contributed by atoms with Crippen LogP contribution in [0.2, 0.25) is 0 Å². The van der Waals surface area contributed by atoms with Crippen LogP contribution in [0, 0.1) is 13.8 Å². The molecule has 2 aromatic heterocycles. The van der Waals surface area contributed by atoms with Crippen LogP contribution in [0.3, 0.4) is 0 Å². The van der Waals surface area contributed by atoms with Crippen molar-refractivity contribution in [3.8, 4) is 11.5 Å². The lowest BCUT2D eigenvalue weighted by Gasteiger charge is -2.07. The molecule has 6 nitrogen and oxygen atoms in total. The molecule has 2 heterocycles. The summed E-state index contributed by atoms with van der Waals surface area (Å²) in [5, 5.41) is 0. The average molecular weight is 378 g/mol. The SMILES string of the molecule is Cc1cc(C(=O)COC(=O)Cc2coc(-c3ccccc3)n2)c(C)n1C1CC1. The van der Waals surface area contributed by atoms with Gasteiger partial charge in [-0.25, -0.2) is 4.98 Å². The molecule has 28 heavy (non-hydrogen) atoms. The molecule has 144 valence electrons. The number of benzene rings is 1. The first-order chi connectivity index (χ1) is 13.5. The topological polar surface area (TPSA) is 74.3 Å². The van der Waals surface area contributed by atoms with E-state index in [0.717, 1.165) is 29.8 Å². The quantitative estimate of drug-likeness (QED) is 0.458. The van der Waals surface area contributed by atoms with Gasteiger partial charge in [0.05, 0.1) is 12.1 Å². The molecule has 1 aliphatic rings. The van der Waals surface area contributed by atoms with Crippen molar-refractivity contribution >= 4 is 11.8 Å². The predicted molar refractivity (Wildman–Crippen MR) is 103 cm³/mol. The largest absolute Gasteiger partial charge is 0.457 e. The van der Waals surface area contributed by atoms with Gasteiger partial charge in [-0.3, -0.25) is 9.59 Å². The summed E-state index contributed by atoms with van der Waals surface area (Å²) in [6.07, 6.45) is 3.71. The molecule has 0 bridgehead atoms. The molecule has 6 heteroatoms. The molecule has 0 N–H and O–H groups in total. The van der Waals surface area contributed by atoms with Crippen molar-refractivity contribution in [2.45, 2.75) is 39.2 Å². The van der Waals surface area contributed by atoms with E-state index in [2.05, 4.69) is 9.55 Å². The second-order valence-corrected chi connectivity index (χ2v) is 7.16. The number of ketones is 1. The minimum atomic E-state index is -0.503. The van der Waals surface area contributed by atoms with Gasteiger partial charge < -0.3 is 13.7 Å². The van der Waals surface area contributed by atoms with Gasteiger partial charge in [0.1, 0.15) is 6.26 Å². The monoisotopic (exact) mass is 378 g/mol. The third-order valence-corrected chi connectivity index (χ3v) is 4.96. The van der Waals surface area contributed by atoms with Crippen LogP contribution >= 0.6 is 0 Å². The molecule has 0 aliphatic heterocycles. The highest BCUT2D eigenvalue weighted by Gasteiger charge is 2.28. The third kappa shape index (κ3) is 3.76. The highest BCUT2D eigenvalue weighted by Crippen LogP contribution is 2.38. The van der Waals surface area contributed by atoms with Crippen molar-refractivity contribution in [3.63, 3.8) is 0 Å². The number of Topliss-reactive ketones (excluding diaryl/α,β-unsaturated/α-hetero) is 1. The minimum absolute atomic E-state index is 0.0370. The summed E-state index contributed by atoms with van der Waals surface area (Å²) in [5.41, 5.74) is 3.97. The second-order valence-electron chi connectivity index (χ2n) is 7.16. The van der Waals surface area contributed by atoms with E-state index in [1.54, 1.807) is 0 Å². The van der Waals surface area contributed by atoms with Gasteiger partial charge in [-0.2, -0.15) is 0 Å². The van der Waals surface area contributed by atoms with Gasteiger partial charge in [-0.15, -0.1) is 0 Å². The maximum absolute atomic E-state index is 12.5. The molecule has 0 amide bonds. The Bertz CT molecular complexity index is 1010. The molecule has 1 saturated carbocycles. The Morgan fingerprint density at radius 2 is 1.96 bits per heavy atom. The van der Waals surface area contributed by atoms with Gasteiger partial charge in [0.15, 0.2) is 6.61 Å². The van der Waals surface area contributed by atoms with Crippen molar-refractivity contribution in [2.24, 2.45) is 0 Å². The van der Waals surface area contributed by atoms with E-state index in [-0.39, 0.29) is 18.8 Å². The summed E-state index contributed by atoms with van der Waals surface area (Å²) in [7, 11) is 0. The highest BCUT2D eigenvalue weighted by molar-refractivity contribution is 5.99. The molecule has 3 aromatic rings. The Hall–Kier alpha value is -3.15. The number of aromatic nitrogens is 2. The van der Waals surface area contributed by atoms with Gasteiger partial charge >= 0.3 is 5.97 Å². The number of ether oxygens (including phenoxy) is 1. The standard InChI is InChI=1S/C22H22N2O4/c1-14-10-19(15(2)24(14)18-8-9-18)20(25)13-27-21(26)11-17-12-28-22(23-17)16-6-4-3-5-7-16/h3-7,10,12,18H,8-9,11,13H2,1-2H3. The van der Waals surface area contributed by atoms with E-state index in [4.69, 9.17) is 9.15 Å². The van der Waals surface area contributed by atoms with Crippen LogP contribution in [0.4, 0.5) is 0 Å². The smallest absolute Gasteiger partial charge is 0.312 e. The summed E-state index contributed by atoms with van der Waals surface area (Å²) in [4.78, 5) is 28.9. The third-order valence-electron chi connectivity index (χ3n) is 4.96. The first kappa shape index (κ1) is 18.2. The first-order valence-corrected chi connectivity index (χ1v) is 9.40. The molecular weight excluding hydrogens is 356 g/mol. The van der Waals surface area contributed by atoms with Gasteiger partial charge in [0, 0.05) is 28.6 Å². The van der Waals surface area contributed by atoms with Crippen molar-refractivity contribution < 1.29 is 18.7 Å². The minimum Gasteiger partial charge on any atom is -0.457 e. The second kappa shape index (κ2) is 7.46. The predicted octanol–water partition coefficient (Wildman–Crippen LogP) is 4.06. The van der Waals surface area contributed by atoms with Gasteiger partial charge in [0.25, 0.3) is 0 Å². The van der Waals surface area contributed by atoms with E-state index < -0.39 is 5.97 Å².